The maximum absolute atomic E-state index is 5.67. The van der Waals surface area contributed by atoms with Gasteiger partial charge in [-0.3, -0.25) is 0 Å². The fourth-order valence-corrected chi connectivity index (χ4v) is 2.01. The van der Waals surface area contributed by atoms with Crippen molar-refractivity contribution in [2.45, 2.75) is 25.9 Å². The maximum atomic E-state index is 5.67. The summed E-state index contributed by atoms with van der Waals surface area (Å²) in [5.74, 6) is 0.454. The van der Waals surface area contributed by atoms with Crippen LogP contribution in [0.1, 0.15) is 30.9 Å². The Balaban J connectivity index is 2.14. The Morgan fingerprint density at radius 3 is 2.62 bits per heavy atom. The molecule has 0 saturated carbocycles. The standard InChI is InChI=1S/C13H16O2S/c1-9(2)11-5-3-4-6-12(11)13(16)15-10-7-14-8-10/h3-6,9-10H,7-8H2,1-2H3. The molecule has 0 radical (unpaired) electrons. The van der Waals surface area contributed by atoms with Gasteiger partial charge >= 0.3 is 0 Å². The first-order chi connectivity index (χ1) is 7.68. The van der Waals surface area contributed by atoms with Crippen LogP contribution in [0.15, 0.2) is 24.3 Å². The Kier molecular flexibility index (Phi) is 3.56. The van der Waals surface area contributed by atoms with Gasteiger partial charge in [-0.2, -0.15) is 0 Å². The number of thiocarbonyl (C=S) groups is 1. The zero-order valence-corrected chi connectivity index (χ0v) is 10.4. The van der Waals surface area contributed by atoms with Crippen LogP contribution in [-0.2, 0) is 9.47 Å². The third-order valence-electron chi connectivity index (χ3n) is 2.68. The molecule has 1 heterocycles. The summed E-state index contributed by atoms with van der Waals surface area (Å²) in [6.07, 6.45) is 0.146. The number of hydrogen-bond donors (Lipinski definition) is 0. The van der Waals surface area contributed by atoms with Crippen LogP contribution in [-0.4, -0.2) is 24.4 Å². The lowest BCUT2D eigenvalue weighted by Gasteiger charge is -2.27. The quantitative estimate of drug-likeness (QED) is 0.752. The summed E-state index contributed by atoms with van der Waals surface area (Å²) in [5.41, 5.74) is 2.28. The molecule has 0 unspecified atom stereocenters. The monoisotopic (exact) mass is 236 g/mol. The van der Waals surface area contributed by atoms with Crippen molar-refractivity contribution in [2.75, 3.05) is 13.2 Å². The van der Waals surface area contributed by atoms with Crippen LogP contribution in [0.2, 0.25) is 0 Å². The van der Waals surface area contributed by atoms with Gasteiger partial charge in [-0.25, -0.2) is 0 Å². The highest BCUT2D eigenvalue weighted by atomic mass is 32.1. The summed E-state index contributed by atoms with van der Waals surface area (Å²) in [4.78, 5) is 0. The molecule has 86 valence electrons. The van der Waals surface area contributed by atoms with Crippen molar-refractivity contribution in [3.8, 4) is 0 Å². The van der Waals surface area contributed by atoms with Crippen LogP contribution in [0.25, 0.3) is 0 Å². The molecule has 1 aliphatic rings. The van der Waals surface area contributed by atoms with Gasteiger partial charge in [0.25, 0.3) is 0 Å². The summed E-state index contributed by atoms with van der Waals surface area (Å²) in [6.45, 7) is 5.63. The smallest absolute Gasteiger partial charge is 0.191 e. The molecule has 1 fully saturated rings. The minimum absolute atomic E-state index is 0.146. The minimum Gasteiger partial charge on any atom is -0.475 e. The van der Waals surface area contributed by atoms with Crippen LogP contribution in [0.3, 0.4) is 0 Å². The lowest BCUT2D eigenvalue weighted by molar-refractivity contribution is -0.0841. The first kappa shape index (κ1) is 11.6. The van der Waals surface area contributed by atoms with Gasteiger partial charge in [-0.05, 0) is 23.7 Å². The topological polar surface area (TPSA) is 18.5 Å². The predicted octanol–water partition coefficient (Wildman–Crippen LogP) is 2.90. The highest BCUT2D eigenvalue weighted by Gasteiger charge is 2.22. The second-order valence-corrected chi connectivity index (χ2v) is 4.68. The van der Waals surface area contributed by atoms with E-state index >= 15 is 0 Å². The fourth-order valence-electron chi connectivity index (χ4n) is 1.68. The lowest BCUT2D eigenvalue weighted by Crippen LogP contribution is -2.37. The van der Waals surface area contributed by atoms with Crippen LogP contribution < -0.4 is 0 Å². The van der Waals surface area contributed by atoms with Crippen LogP contribution >= 0.6 is 12.2 Å². The van der Waals surface area contributed by atoms with Crippen molar-refractivity contribution in [1.82, 2.24) is 0 Å². The molecule has 0 aliphatic carbocycles. The van der Waals surface area contributed by atoms with E-state index in [1.54, 1.807) is 0 Å². The number of rotatable bonds is 3. The Bertz CT molecular complexity index is 383. The average molecular weight is 236 g/mol. The Labute approximate surface area is 102 Å². The maximum Gasteiger partial charge on any atom is 0.191 e. The molecule has 1 saturated heterocycles. The molecular weight excluding hydrogens is 220 g/mol. The first-order valence-corrected chi connectivity index (χ1v) is 5.97. The van der Waals surface area contributed by atoms with E-state index in [0.29, 0.717) is 24.2 Å². The van der Waals surface area contributed by atoms with Crippen molar-refractivity contribution in [2.24, 2.45) is 0 Å². The van der Waals surface area contributed by atoms with Gasteiger partial charge in [-0.1, -0.05) is 38.1 Å². The van der Waals surface area contributed by atoms with Gasteiger partial charge < -0.3 is 9.47 Å². The lowest BCUT2D eigenvalue weighted by atomic mass is 9.98. The van der Waals surface area contributed by atoms with E-state index in [0.717, 1.165) is 5.56 Å². The third-order valence-corrected chi connectivity index (χ3v) is 3.00. The van der Waals surface area contributed by atoms with Crippen molar-refractivity contribution < 1.29 is 9.47 Å². The molecule has 0 spiro atoms. The average Bonchev–Trinajstić information content (AvgIpc) is 2.23. The van der Waals surface area contributed by atoms with Gasteiger partial charge in [0.15, 0.2) is 5.05 Å². The van der Waals surface area contributed by atoms with Crippen LogP contribution in [0.4, 0.5) is 0 Å². The van der Waals surface area contributed by atoms with Gasteiger partial charge in [0.2, 0.25) is 0 Å². The molecule has 3 heteroatoms. The second kappa shape index (κ2) is 4.93. The number of benzene rings is 1. The van der Waals surface area contributed by atoms with E-state index in [1.807, 2.05) is 18.2 Å². The van der Waals surface area contributed by atoms with Crippen molar-refractivity contribution in [3.05, 3.63) is 35.4 Å². The largest absolute Gasteiger partial charge is 0.475 e. The fraction of sp³-hybridized carbons (Fsp3) is 0.462. The highest BCUT2D eigenvalue weighted by molar-refractivity contribution is 7.80. The molecule has 2 rings (SSSR count). The van der Waals surface area contributed by atoms with Gasteiger partial charge in [0.05, 0.1) is 13.2 Å². The molecule has 0 N–H and O–H groups in total. The predicted molar refractivity (Wildman–Crippen MR) is 67.9 cm³/mol. The summed E-state index contributed by atoms with van der Waals surface area (Å²) in [5, 5.41) is 0.595. The molecule has 1 aromatic rings. The van der Waals surface area contributed by atoms with E-state index in [-0.39, 0.29) is 6.10 Å². The Hall–Kier alpha value is -0.930. The number of ether oxygens (including phenoxy) is 2. The van der Waals surface area contributed by atoms with Gasteiger partial charge in [-0.15, -0.1) is 0 Å². The van der Waals surface area contributed by atoms with Crippen LogP contribution in [0, 0.1) is 0 Å². The van der Waals surface area contributed by atoms with Gasteiger partial charge in [0.1, 0.15) is 6.10 Å². The normalized spacial score (nSPS) is 15.9. The highest BCUT2D eigenvalue weighted by Crippen LogP contribution is 2.21. The SMILES string of the molecule is CC(C)c1ccccc1C(=S)OC1COC1. The third kappa shape index (κ3) is 2.42. The first-order valence-electron chi connectivity index (χ1n) is 5.56. The molecule has 0 amide bonds. The van der Waals surface area contributed by atoms with Crippen molar-refractivity contribution in [1.29, 1.82) is 0 Å². The number of hydrogen-bond acceptors (Lipinski definition) is 3. The van der Waals surface area contributed by atoms with E-state index in [4.69, 9.17) is 21.7 Å². The summed E-state index contributed by atoms with van der Waals surface area (Å²) >= 11 is 5.33. The van der Waals surface area contributed by atoms with E-state index in [2.05, 4.69) is 19.9 Å². The molecule has 0 aromatic heterocycles. The minimum atomic E-state index is 0.146. The van der Waals surface area contributed by atoms with E-state index in [1.165, 1.54) is 5.56 Å². The molecule has 0 bridgehead atoms. The van der Waals surface area contributed by atoms with E-state index < -0.39 is 0 Å². The van der Waals surface area contributed by atoms with Crippen LogP contribution in [0.5, 0.6) is 0 Å². The van der Waals surface area contributed by atoms with Crippen molar-refractivity contribution >= 4 is 17.3 Å². The molecule has 0 atom stereocenters. The Morgan fingerprint density at radius 2 is 2.06 bits per heavy atom. The summed E-state index contributed by atoms with van der Waals surface area (Å²) in [7, 11) is 0. The van der Waals surface area contributed by atoms with E-state index in [9.17, 15) is 0 Å². The zero-order chi connectivity index (χ0) is 11.5. The molecule has 1 aromatic carbocycles. The second-order valence-electron chi connectivity index (χ2n) is 4.31. The summed E-state index contributed by atoms with van der Waals surface area (Å²) < 4.78 is 10.7. The zero-order valence-electron chi connectivity index (χ0n) is 9.60. The molecular formula is C13H16O2S. The molecule has 2 nitrogen and oxygen atoms in total. The molecule has 16 heavy (non-hydrogen) atoms. The van der Waals surface area contributed by atoms with Crippen molar-refractivity contribution in [3.63, 3.8) is 0 Å². The Morgan fingerprint density at radius 1 is 1.38 bits per heavy atom. The summed E-state index contributed by atoms with van der Waals surface area (Å²) in [6, 6.07) is 8.16. The van der Waals surface area contributed by atoms with Gasteiger partial charge in [0, 0.05) is 5.56 Å². The molecule has 1 aliphatic heterocycles.